The van der Waals surface area contributed by atoms with Crippen LogP contribution in [0, 0.1) is 16.7 Å². The molecular weight excluding hydrogens is 405 g/mol. The van der Waals surface area contributed by atoms with E-state index in [2.05, 4.69) is 26.3 Å². The average molecular weight is 426 g/mol. The predicted octanol–water partition coefficient (Wildman–Crippen LogP) is 4.79. The summed E-state index contributed by atoms with van der Waals surface area (Å²) in [5, 5.41) is 13.0. The molecule has 4 rings (SSSR count). The van der Waals surface area contributed by atoms with E-state index in [0.29, 0.717) is 48.7 Å². The van der Waals surface area contributed by atoms with E-state index in [1.807, 2.05) is 11.8 Å². The van der Waals surface area contributed by atoms with Crippen LogP contribution in [0.15, 0.2) is 42.6 Å². The molecule has 1 aromatic carbocycles. The molecule has 31 heavy (non-hydrogen) atoms. The van der Waals surface area contributed by atoms with Crippen molar-refractivity contribution in [3.8, 4) is 6.07 Å². The van der Waals surface area contributed by atoms with Crippen LogP contribution < -0.4 is 10.2 Å². The number of piperidine rings is 1. The number of fused-ring (bicyclic) bond motifs is 1. The summed E-state index contributed by atoms with van der Waals surface area (Å²) >= 11 is 0. The quantitative estimate of drug-likeness (QED) is 0.647. The maximum absolute atomic E-state index is 13.3. The van der Waals surface area contributed by atoms with Crippen LogP contribution in [-0.2, 0) is 12.7 Å². The first-order chi connectivity index (χ1) is 14.8. The minimum atomic E-state index is -4.43. The molecule has 160 valence electrons. The Morgan fingerprint density at radius 1 is 1.13 bits per heavy atom. The number of halogens is 3. The standard InChI is InChI=1S/C22H21F3N6/c1-21(14-26)8-11-31(12-9-21)20-29-18-16(6-4-10-27-18)19(30-20)28-13-15-5-2-3-7-17(15)22(23,24)25/h2-7,10H,8-9,11-13H2,1H3,(H,27,28,29,30). The number of nitrogens with zero attached hydrogens (tertiary/aromatic N) is 5. The zero-order valence-corrected chi connectivity index (χ0v) is 16.9. The van der Waals surface area contributed by atoms with Crippen LogP contribution in [0.3, 0.4) is 0 Å². The van der Waals surface area contributed by atoms with Gasteiger partial charge in [-0.2, -0.15) is 28.4 Å². The molecule has 0 aliphatic carbocycles. The van der Waals surface area contributed by atoms with Crippen LogP contribution >= 0.6 is 0 Å². The number of benzene rings is 1. The van der Waals surface area contributed by atoms with E-state index in [9.17, 15) is 18.4 Å². The van der Waals surface area contributed by atoms with Gasteiger partial charge in [0.15, 0.2) is 5.65 Å². The number of hydrogen-bond donors (Lipinski definition) is 1. The number of pyridine rings is 1. The van der Waals surface area contributed by atoms with Crippen molar-refractivity contribution >= 4 is 22.8 Å². The molecule has 1 aliphatic heterocycles. The number of nitrogens with one attached hydrogen (secondary N) is 1. The third-order valence-electron chi connectivity index (χ3n) is 5.65. The normalized spacial score (nSPS) is 16.2. The fraction of sp³-hybridized carbons (Fsp3) is 0.364. The maximum Gasteiger partial charge on any atom is 0.416 e. The lowest BCUT2D eigenvalue weighted by atomic mass is 9.82. The zero-order chi connectivity index (χ0) is 22.1. The fourth-order valence-electron chi connectivity index (χ4n) is 3.67. The van der Waals surface area contributed by atoms with Crippen molar-refractivity contribution in [3.63, 3.8) is 0 Å². The van der Waals surface area contributed by atoms with Crippen molar-refractivity contribution in [2.75, 3.05) is 23.3 Å². The summed E-state index contributed by atoms with van der Waals surface area (Å²) in [6.45, 7) is 3.15. The number of rotatable bonds is 4. The molecule has 1 aliphatic rings. The number of hydrogen-bond acceptors (Lipinski definition) is 6. The summed E-state index contributed by atoms with van der Waals surface area (Å²) in [6, 6.07) is 11.4. The first-order valence-electron chi connectivity index (χ1n) is 9.97. The van der Waals surface area contributed by atoms with Gasteiger partial charge >= 0.3 is 6.18 Å². The Morgan fingerprint density at radius 2 is 1.87 bits per heavy atom. The van der Waals surface area contributed by atoms with Gasteiger partial charge in [0.2, 0.25) is 5.95 Å². The second-order valence-corrected chi connectivity index (χ2v) is 7.91. The van der Waals surface area contributed by atoms with Crippen molar-refractivity contribution in [1.29, 1.82) is 5.26 Å². The van der Waals surface area contributed by atoms with Crippen molar-refractivity contribution < 1.29 is 13.2 Å². The van der Waals surface area contributed by atoms with Crippen molar-refractivity contribution in [1.82, 2.24) is 15.0 Å². The van der Waals surface area contributed by atoms with E-state index in [1.54, 1.807) is 24.4 Å². The Balaban J connectivity index is 1.64. The van der Waals surface area contributed by atoms with E-state index in [-0.39, 0.29) is 17.5 Å². The van der Waals surface area contributed by atoms with Crippen LogP contribution in [0.1, 0.15) is 30.9 Å². The summed E-state index contributed by atoms with van der Waals surface area (Å²) in [5.74, 6) is 0.886. The van der Waals surface area contributed by atoms with Gasteiger partial charge in [-0.25, -0.2) is 4.98 Å². The lowest BCUT2D eigenvalue weighted by Gasteiger charge is -2.35. The zero-order valence-electron chi connectivity index (χ0n) is 16.9. The third-order valence-corrected chi connectivity index (χ3v) is 5.65. The number of nitriles is 1. The Labute approximate surface area is 177 Å². The lowest BCUT2D eigenvalue weighted by Crippen LogP contribution is -2.39. The number of aromatic nitrogens is 3. The highest BCUT2D eigenvalue weighted by atomic mass is 19.4. The highest BCUT2D eigenvalue weighted by Gasteiger charge is 2.33. The molecule has 6 nitrogen and oxygen atoms in total. The Hall–Kier alpha value is -3.41. The van der Waals surface area contributed by atoms with Gasteiger partial charge in [-0.1, -0.05) is 18.2 Å². The van der Waals surface area contributed by atoms with Crippen LogP contribution in [-0.4, -0.2) is 28.0 Å². The molecule has 9 heteroatoms. The van der Waals surface area contributed by atoms with Gasteiger partial charge in [0.1, 0.15) is 5.82 Å². The molecule has 3 heterocycles. The minimum absolute atomic E-state index is 0.0391. The first kappa shape index (κ1) is 20.8. The molecule has 1 fully saturated rings. The fourth-order valence-corrected chi connectivity index (χ4v) is 3.67. The summed E-state index contributed by atoms with van der Waals surface area (Å²) in [7, 11) is 0. The van der Waals surface area contributed by atoms with Gasteiger partial charge in [-0.15, -0.1) is 0 Å². The number of anilines is 2. The largest absolute Gasteiger partial charge is 0.416 e. The van der Waals surface area contributed by atoms with Gasteiger partial charge in [-0.3, -0.25) is 0 Å². The molecule has 0 saturated carbocycles. The maximum atomic E-state index is 13.3. The molecule has 0 unspecified atom stereocenters. The number of alkyl halides is 3. The molecule has 2 aromatic heterocycles. The smallest absolute Gasteiger partial charge is 0.365 e. The van der Waals surface area contributed by atoms with Crippen LogP contribution in [0.2, 0.25) is 0 Å². The second-order valence-electron chi connectivity index (χ2n) is 7.91. The van der Waals surface area contributed by atoms with Crippen molar-refractivity contribution in [3.05, 3.63) is 53.7 Å². The molecule has 0 spiro atoms. The van der Waals surface area contributed by atoms with Gasteiger partial charge in [0.05, 0.1) is 22.4 Å². The topological polar surface area (TPSA) is 77.7 Å². The highest BCUT2D eigenvalue weighted by molar-refractivity contribution is 5.87. The highest BCUT2D eigenvalue weighted by Crippen LogP contribution is 2.34. The lowest BCUT2D eigenvalue weighted by molar-refractivity contribution is -0.138. The van der Waals surface area contributed by atoms with Crippen LogP contribution in [0.25, 0.3) is 11.0 Å². The Kier molecular flexibility index (Phi) is 5.39. The van der Waals surface area contributed by atoms with E-state index < -0.39 is 11.7 Å². The Bertz CT molecular complexity index is 1130. The van der Waals surface area contributed by atoms with Crippen LogP contribution in [0.4, 0.5) is 24.9 Å². The third kappa shape index (κ3) is 4.38. The van der Waals surface area contributed by atoms with E-state index >= 15 is 0 Å². The molecule has 0 atom stereocenters. The first-order valence-corrected chi connectivity index (χ1v) is 9.97. The average Bonchev–Trinajstić information content (AvgIpc) is 2.77. The SMILES string of the molecule is CC1(C#N)CCN(c2nc(NCc3ccccc3C(F)(F)F)c3cccnc3n2)CC1. The van der Waals surface area contributed by atoms with Gasteiger partial charge < -0.3 is 10.2 Å². The molecule has 1 saturated heterocycles. The summed E-state index contributed by atoms with van der Waals surface area (Å²) in [4.78, 5) is 15.4. The molecule has 3 aromatic rings. The van der Waals surface area contributed by atoms with E-state index in [4.69, 9.17) is 0 Å². The molecule has 0 amide bonds. The molecule has 1 N–H and O–H groups in total. The summed E-state index contributed by atoms with van der Waals surface area (Å²) < 4.78 is 40.0. The van der Waals surface area contributed by atoms with Crippen molar-refractivity contribution in [2.24, 2.45) is 5.41 Å². The monoisotopic (exact) mass is 426 g/mol. The molecule has 0 bridgehead atoms. The van der Waals surface area contributed by atoms with Gasteiger partial charge in [0, 0.05) is 25.8 Å². The summed E-state index contributed by atoms with van der Waals surface area (Å²) in [5.41, 5.74) is -0.442. The van der Waals surface area contributed by atoms with E-state index in [1.165, 1.54) is 12.1 Å². The predicted molar refractivity (Wildman–Crippen MR) is 111 cm³/mol. The minimum Gasteiger partial charge on any atom is -0.365 e. The molecule has 0 radical (unpaired) electrons. The summed E-state index contributed by atoms with van der Waals surface area (Å²) in [6.07, 6.45) is -1.44. The van der Waals surface area contributed by atoms with Crippen molar-refractivity contribution in [2.45, 2.75) is 32.5 Å². The van der Waals surface area contributed by atoms with Gasteiger partial charge in [0.25, 0.3) is 0 Å². The van der Waals surface area contributed by atoms with Crippen LogP contribution in [0.5, 0.6) is 0 Å². The van der Waals surface area contributed by atoms with E-state index in [0.717, 1.165) is 6.07 Å². The molecular formula is C22H21F3N6. The Morgan fingerprint density at radius 3 is 2.58 bits per heavy atom. The van der Waals surface area contributed by atoms with Gasteiger partial charge in [-0.05, 0) is 43.5 Å². The second kappa shape index (κ2) is 8.02.